The highest BCUT2D eigenvalue weighted by Crippen LogP contribution is 2.28. The maximum Gasteiger partial charge on any atom is 0.229 e. The first-order valence-corrected chi connectivity index (χ1v) is 7.80. The molecule has 0 saturated heterocycles. The normalized spacial score (nSPS) is 13.9. The molecular formula is C16H22N2O2S. The van der Waals surface area contributed by atoms with E-state index in [-0.39, 0.29) is 11.8 Å². The number of thiocarbonyl (C=S) groups is 1. The van der Waals surface area contributed by atoms with Gasteiger partial charge >= 0.3 is 0 Å². The van der Waals surface area contributed by atoms with Gasteiger partial charge in [0, 0.05) is 17.7 Å². The molecule has 114 valence electrons. The summed E-state index contributed by atoms with van der Waals surface area (Å²) in [5, 5.41) is 6.06. The lowest BCUT2D eigenvalue weighted by molar-refractivity contribution is -0.120. The van der Waals surface area contributed by atoms with Crippen LogP contribution in [0.4, 0.5) is 5.69 Å². The van der Waals surface area contributed by atoms with Gasteiger partial charge in [-0.1, -0.05) is 19.9 Å². The number of benzene rings is 1. The molecule has 0 unspecified atom stereocenters. The van der Waals surface area contributed by atoms with Crippen LogP contribution in [-0.2, 0) is 4.79 Å². The molecule has 1 saturated carbocycles. The number of anilines is 1. The van der Waals surface area contributed by atoms with E-state index in [4.69, 9.17) is 17.0 Å². The van der Waals surface area contributed by atoms with Crippen molar-refractivity contribution in [3.8, 4) is 5.75 Å². The minimum atomic E-state index is 0.0110. The number of carbonyl (C=O) groups is 1. The average Bonchev–Trinajstić information content (AvgIpc) is 3.22. The summed E-state index contributed by atoms with van der Waals surface area (Å²) in [4.78, 5) is 11.6. The molecule has 0 atom stereocenters. The number of ether oxygens (including phenoxy) is 1. The molecule has 1 aromatic rings. The molecule has 0 spiro atoms. The Morgan fingerprint density at radius 3 is 2.86 bits per heavy atom. The van der Waals surface area contributed by atoms with E-state index in [1.807, 2.05) is 24.3 Å². The van der Waals surface area contributed by atoms with Crippen LogP contribution in [0.5, 0.6) is 5.75 Å². The zero-order chi connectivity index (χ0) is 15.2. The molecule has 4 nitrogen and oxygen atoms in total. The van der Waals surface area contributed by atoms with Crippen LogP contribution >= 0.6 is 12.2 Å². The largest absolute Gasteiger partial charge is 0.494 e. The summed E-state index contributed by atoms with van der Waals surface area (Å²) in [5.74, 6) is 1.58. The number of hydrogen-bond acceptors (Lipinski definition) is 3. The van der Waals surface area contributed by atoms with Crippen molar-refractivity contribution in [3.05, 3.63) is 24.3 Å². The Morgan fingerprint density at radius 1 is 1.43 bits per heavy atom. The van der Waals surface area contributed by atoms with Gasteiger partial charge < -0.3 is 15.4 Å². The first-order chi connectivity index (χ1) is 10.0. The Hall–Kier alpha value is -1.62. The fourth-order valence-electron chi connectivity index (χ4n) is 1.80. The van der Waals surface area contributed by atoms with E-state index in [1.165, 1.54) is 0 Å². The van der Waals surface area contributed by atoms with Crippen LogP contribution in [0.1, 0.15) is 33.1 Å². The van der Waals surface area contributed by atoms with Gasteiger partial charge in [0.25, 0.3) is 0 Å². The fourth-order valence-corrected chi connectivity index (χ4v) is 2.02. The minimum Gasteiger partial charge on any atom is -0.494 e. The quantitative estimate of drug-likeness (QED) is 0.792. The van der Waals surface area contributed by atoms with Crippen LogP contribution in [0, 0.1) is 11.8 Å². The summed E-state index contributed by atoms with van der Waals surface area (Å²) in [6.07, 6.45) is 2.95. The molecule has 1 aromatic carbocycles. The summed E-state index contributed by atoms with van der Waals surface area (Å²) >= 11 is 5.14. The molecule has 0 radical (unpaired) electrons. The minimum absolute atomic E-state index is 0.0110. The molecule has 5 heteroatoms. The summed E-state index contributed by atoms with van der Waals surface area (Å²) in [6.45, 7) is 5.04. The van der Waals surface area contributed by atoms with E-state index in [0.29, 0.717) is 17.6 Å². The van der Waals surface area contributed by atoms with Gasteiger partial charge in [-0.2, -0.15) is 0 Å². The van der Waals surface area contributed by atoms with Crippen molar-refractivity contribution in [1.82, 2.24) is 5.32 Å². The maximum atomic E-state index is 11.6. The fraction of sp³-hybridized carbons (Fsp3) is 0.500. The summed E-state index contributed by atoms with van der Waals surface area (Å²) in [6, 6.07) is 7.59. The van der Waals surface area contributed by atoms with Crippen LogP contribution in [0.15, 0.2) is 24.3 Å². The second-order valence-electron chi connectivity index (χ2n) is 5.78. The zero-order valence-electron chi connectivity index (χ0n) is 12.5. The number of hydrogen-bond donors (Lipinski definition) is 2. The lowest BCUT2D eigenvalue weighted by Gasteiger charge is -2.12. The van der Waals surface area contributed by atoms with Crippen molar-refractivity contribution in [2.24, 2.45) is 11.8 Å². The summed E-state index contributed by atoms with van der Waals surface area (Å²) in [7, 11) is 0. The Labute approximate surface area is 131 Å². The first-order valence-electron chi connectivity index (χ1n) is 7.39. The van der Waals surface area contributed by atoms with Gasteiger partial charge in [0.1, 0.15) is 5.75 Å². The van der Waals surface area contributed by atoms with Crippen LogP contribution in [0.25, 0.3) is 0 Å². The highest BCUT2D eigenvalue weighted by Gasteiger charge is 2.29. The van der Waals surface area contributed by atoms with Crippen molar-refractivity contribution in [1.29, 1.82) is 0 Å². The van der Waals surface area contributed by atoms with Gasteiger partial charge in [0.2, 0.25) is 5.91 Å². The molecular weight excluding hydrogens is 284 g/mol. The second kappa shape index (κ2) is 7.41. The lowest BCUT2D eigenvalue weighted by atomic mass is 10.1. The smallest absolute Gasteiger partial charge is 0.229 e. The van der Waals surface area contributed by atoms with Crippen molar-refractivity contribution < 1.29 is 9.53 Å². The van der Waals surface area contributed by atoms with Crippen LogP contribution in [0.3, 0.4) is 0 Å². The standard InChI is InChI=1S/C16H22N2O2S/c1-11(2)8-9-20-14-5-3-4-13(10-14)17-16(21)18-15(19)12-6-7-12/h3-5,10-12H,6-9H2,1-2H3,(H2,17,18,19,21). The molecule has 1 fully saturated rings. The molecule has 1 amide bonds. The van der Waals surface area contributed by atoms with Gasteiger partial charge in [0.05, 0.1) is 6.61 Å². The lowest BCUT2D eigenvalue weighted by Crippen LogP contribution is -2.35. The number of nitrogens with one attached hydrogen (secondary N) is 2. The van der Waals surface area contributed by atoms with Crippen LogP contribution in [-0.4, -0.2) is 17.6 Å². The van der Waals surface area contributed by atoms with Gasteiger partial charge in [-0.3, -0.25) is 4.79 Å². The molecule has 0 heterocycles. The molecule has 0 bridgehead atoms. The maximum absolute atomic E-state index is 11.6. The number of rotatable bonds is 6. The average molecular weight is 306 g/mol. The Bertz CT molecular complexity index is 513. The number of amides is 1. The van der Waals surface area contributed by atoms with E-state index in [0.717, 1.165) is 30.7 Å². The Balaban J connectivity index is 1.82. The predicted molar refractivity (Wildman–Crippen MR) is 88.5 cm³/mol. The third kappa shape index (κ3) is 5.71. The third-order valence-electron chi connectivity index (χ3n) is 3.24. The molecule has 2 N–H and O–H groups in total. The van der Waals surface area contributed by atoms with Crippen LogP contribution in [0.2, 0.25) is 0 Å². The topological polar surface area (TPSA) is 50.4 Å². The van der Waals surface area contributed by atoms with Gasteiger partial charge in [-0.05, 0) is 49.5 Å². The van der Waals surface area contributed by atoms with Crippen molar-refractivity contribution in [3.63, 3.8) is 0 Å². The third-order valence-corrected chi connectivity index (χ3v) is 3.44. The zero-order valence-corrected chi connectivity index (χ0v) is 13.3. The predicted octanol–water partition coefficient (Wildman–Crippen LogP) is 3.33. The monoisotopic (exact) mass is 306 g/mol. The van der Waals surface area contributed by atoms with E-state index < -0.39 is 0 Å². The van der Waals surface area contributed by atoms with Gasteiger partial charge in [0.15, 0.2) is 5.11 Å². The van der Waals surface area contributed by atoms with Gasteiger partial charge in [-0.15, -0.1) is 0 Å². The van der Waals surface area contributed by atoms with Gasteiger partial charge in [-0.25, -0.2) is 0 Å². The van der Waals surface area contributed by atoms with Crippen LogP contribution < -0.4 is 15.4 Å². The molecule has 1 aliphatic rings. The van der Waals surface area contributed by atoms with E-state index in [1.54, 1.807) is 0 Å². The molecule has 2 rings (SSSR count). The molecule has 1 aliphatic carbocycles. The van der Waals surface area contributed by atoms with E-state index in [2.05, 4.69) is 24.5 Å². The Morgan fingerprint density at radius 2 is 2.19 bits per heavy atom. The number of carbonyl (C=O) groups excluding carboxylic acids is 1. The van der Waals surface area contributed by atoms with E-state index in [9.17, 15) is 4.79 Å². The highest BCUT2D eigenvalue weighted by molar-refractivity contribution is 7.80. The molecule has 0 aliphatic heterocycles. The van der Waals surface area contributed by atoms with Crippen molar-refractivity contribution >= 4 is 28.9 Å². The second-order valence-corrected chi connectivity index (χ2v) is 6.18. The highest BCUT2D eigenvalue weighted by atomic mass is 32.1. The molecule has 21 heavy (non-hydrogen) atoms. The van der Waals surface area contributed by atoms with Crippen molar-refractivity contribution in [2.75, 3.05) is 11.9 Å². The van der Waals surface area contributed by atoms with E-state index >= 15 is 0 Å². The summed E-state index contributed by atoms with van der Waals surface area (Å²) in [5.41, 5.74) is 0.818. The summed E-state index contributed by atoms with van der Waals surface area (Å²) < 4.78 is 5.70. The molecule has 0 aromatic heterocycles. The first kappa shape index (κ1) is 15.8. The SMILES string of the molecule is CC(C)CCOc1cccc(NC(=S)NC(=O)C2CC2)c1. The van der Waals surface area contributed by atoms with Crippen molar-refractivity contribution in [2.45, 2.75) is 33.1 Å². The Kier molecular flexibility index (Phi) is 5.56.